The van der Waals surface area contributed by atoms with Gasteiger partial charge in [0.25, 0.3) is 0 Å². The van der Waals surface area contributed by atoms with E-state index in [1.165, 1.54) is 4.90 Å². The van der Waals surface area contributed by atoms with Crippen molar-refractivity contribution in [1.82, 2.24) is 35.5 Å². The van der Waals surface area contributed by atoms with E-state index in [0.29, 0.717) is 5.69 Å². The van der Waals surface area contributed by atoms with Crippen LogP contribution in [0, 0.1) is 19.8 Å². The number of hydrogen-bond acceptors (Lipinski definition) is 9. The van der Waals surface area contributed by atoms with Crippen LogP contribution in [0.4, 0.5) is 0 Å². The van der Waals surface area contributed by atoms with Crippen LogP contribution < -0.4 is 15.4 Å². The van der Waals surface area contributed by atoms with Gasteiger partial charge >= 0.3 is 0 Å². The smallest absolute Gasteiger partial charge is 0.248 e. The van der Waals surface area contributed by atoms with Gasteiger partial charge in [-0.25, -0.2) is 9.67 Å². The minimum absolute atomic E-state index is 0.0829. The Morgan fingerprint density at radius 1 is 1.24 bits per heavy atom. The third kappa shape index (κ3) is 6.60. The van der Waals surface area contributed by atoms with E-state index in [4.69, 9.17) is 4.74 Å². The Hall–Kier alpha value is -3.35. The molecular weight excluding hydrogens is 542 g/mol. The van der Waals surface area contributed by atoms with E-state index in [2.05, 4.69) is 25.9 Å². The first-order valence-corrected chi connectivity index (χ1v) is 15.1. The molecular formula is C29H39N7O4S. The van der Waals surface area contributed by atoms with Crippen LogP contribution in [0.1, 0.15) is 56.1 Å². The van der Waals surface area contributed by atoms with Crippen LogP contribution in [-0.2, 0) is 16.1 Å². The molecule has 41 heavy (non-hydrogen) atoms. The number of benzene rings is 1. The van der Waals surface area contributed by atoms with Gasteiger partial charge in [0, 0.05) is 31.3 Å². The summed E-state index contributed by atoms with van der Waals surface area (Å²) in [6.45, 7) is 9.82. The normalized spacial score (nSPS) is 20.4. The SMILES string of the molecule is Cc1cn([C@H](C(=O)N2C[C@H](O)C[C@H]2C(=O)NCc2ccc(-c3scnc3C)cc2OC2CCNCC2)C(C)C)nn1. The molecule has 0 spiro atoms. The number of nitrogens with one attached hydrogen (secondary N) is 2. The second-order valence-corrected chi connectivity index (χ2v) is 12.2. The van der Waals surface area contributed by atoms with Crippen molar-refractivity contribution in [2.45, 2.75) is 77.8 Å². The van der Waals surface area contributed by atoms with E-state index in [-0.39, 0.29) is 43.3 Å². The lowest BCUT2D eigenvalue weighted by Gasteiger charge is -2.30. The number of likely N-dealkylation sites (tertiary alicyclic amines) is 1. The van der Waals surface area contributed by atoms with Gasteiger partial charge in [0.15, 0.2) is 0 Å². The highest BCUT2D eigenvalue weighted by atomic mass is 32.1. The summed E-state index contributed by atoms with van der Waals surface area (Å²) in [6.07, 6.45) is 3.05. The zero-order chi connectivity index (χ0) is 29.1. The van der Waals surface area contributed by atoms with Crippen LogP contribution in [0.15, 0.2) is 29.9 Å². The molecule has 2 saturated heterocycles. The van der Waals surface area contributed by atoms with Crippen LogP contribution >= 0.6 is 11.3 Å². The molecule has 220 valence electrons. The molecule has 3 aromatic rings. The number of rotatable bonds is 9. The summed E-state index contributed by atoms with van der Waals surface area (Å²) in [7, 11) is 0. The van der Waals surface area contributed by atoms with Crippen molar-refractivity contribution in [3.63, 3.8) is 0 Å². The average molecular weight is 582 g/mol. The number of aromatic nitrogens is 4. The van der Waals surface area contributed by atoms with Gasteiger partial charge in [0.05, 0.1) is 27.9 Å². The first-order chi connectivity index (χ1) is 19.7. The number of amides is 2. The molecule has 4 heterocycles. The van der Waals surface area contributed by atoms with Crippen molar-refractivity contribution in [1.29, 1.82) is 0 Å². The van der Waals surface area contributed by atoms with Crippen LogP contribution in [0.5, 0.6) is 5.75 Å². The van der Waals surface area contributed by atoms with Crippen molar-refractivity contribution in [3.05, 3.63) is 46.9 Å². The Morgan fingerprint density at radius 3 is 2.68 bits per heavy atom. The minimum Gasteiger partial charge on any atom is -0.490 e. The fourth-order valence-corrected chi connectivity index (χ4v) is 6.41. The number of aliphatic hydroxyl groups excluding tert-OH is 1. The molecule has 5 rings (SSSR count). The van der Waals surface area contributed by atoms with E-state index in [0.717, 1.165) is 53.4 Å². The molecule has 2 aliphatic rings. The number of nitrogens with zero attached hydrogens (tertiary/aromatic N) is 5. The van der Waals surface area contributed by atoms with Gasteiger partial charge in [-0.15, -0.1) is 16.4 Å². The van der Waals surface area contributed by atoms with Gasteiger partial charge in [-0.3, -0.25) is 9.59 Å². The Balaban J connectivity index is 1.33. The first-order valence-electron chi connectivity index (χ1n) is 14.3. The fourth-order valence-electron chi connectivity index (χ4n) is 5.60. The van der Waals surface area contributed by atoms with E-state index in [1.54, 1.807) is 22.2 Å². The largest absolute Gasteiger partial charge is 0.490 e. The molecule has 0 saturated carbocycles. The third-order valence-corrected chi connectivity index (χ3v) is 8.74. The summed E-state index contributed by atoms with van der Waals surface area (Å²) >= 11 is 1.59. The van der Waals surface area contributed by atoms with Crippen molar-refractivity contribution in [2.24, 2.45) is 5.92 Å². The topological polar surface area (TPSA) is 134 Å². The van der Waals surface area contributed by atoms with Crippen LogP contribution in [-0.4, -0.2) is 79.7 Å². The Labute approximate surface area is 244 Å². The molecule has 2 aliphatic heterocycles. The van der Waals surface area contributed by atoms with Crippen LogP contribution in [0.3, 0.4) is 0 Å². The number of aliphatic hydroxyl groups is 1. The highest BCUT2D eigenvalue weighted by molar-refractivity contribution is 7.13. The van der Waals surface area contributed by atoms with E-state index in [9.17, 15) is 14.7 Å². The summed E-state index contributed by atoms with van der Waals surface area (Å²) < 4.78 is 8.04. The standard InChI is InChI=1S/C29H39N7O4S/c1-17(2)26(36-14-18(3)33-34-36)29(39)35-15-22(37)12-24(35)28(38)31-13-21-6-5-20(27-19(4)32-16-41-27)11-25(21)40-23-7-9-30-10-8-23/h5-6,11,14,16-17,22-24,26,30,37H,7-10,12-13,15H2,1-4H3,(H,31,38)/t22-,24+,26+/m1/s1. The number of thiazole rings is 1. The zero-order valence-electron chi connectivity index (χ0n) is 24.0. The molecule has 1 aromatic carbocycles. The number of aryl methyl sites for hydroxylation is 2. The van der Waals surface area contributed by atoms with E-state index < -0.39 is 18.2 Å². The number of ether oxygens (including phenoxy) is 1. The summed E-state index contributed by atoms with van der Waals surface area (Å²) in [5, 5.41) is 25.0. The Morgan fingerprint density at radius 2 is 2.02 bits per heavy atom. The van der Waals surface area contributed by atoms with Gasteiger partial charge in [0.1, 0.15) is 23.9 Å². The third-order valence-electron chi connectivity index (χ3n) is 7.77. The summed E-state index contributed by atoms with van der Waals surface area (Å²) in [6, 6.07) is 4.65. The quantitative estimate of drug-likeness (QED) is 0.351. The van der Waals surface area contributed by atoms with Crippen molar-refractivity contribution < 1.29 is 19.4 Å². The summed E-state index contributed by atoms with van der Waals surface area (Å²) in [5.41, 5.74) is 5.40. The monoisotopic (exact) mass is 581 g/mol. The van der Waals surface area contributed by atoms with Crippen LogP contribution in [0.2, 0.25) is 0 Å². The second kappa shape index (κ2) is 12.7. The molecule has 3 atom stereocenters. The van der Waals surface area contributed by atoms with E-state index in [1.807, 2.05) is 51.4 Å². The zero-order valence-corrected chi connectivity index (χ0v) is 24.9. The molecule has 0 radical (unpaired) electrons. The lowest BCUT2D eigenvalue weighted by atomic mass is 10.0. The molecule has 0 aliphatic carbocycles. The van der Waals surface area contributed by atoms with Gasteiger partial charge in [-0.1, -0.05) is 31.2 Å². The Bertz CT molecular complexity index is 1370. The predicted octanol–water partition coefficient (Wildman–Crippen LogP) is 2.62. The lowest BCUT2D eigenvalue weighted by Crippen LogP contribution is -2.49. The maximum atomic E-state index is 13.7. The van der Waals surface area contributed by atoms with Crippen molar-refractivity contribution >= 4 is 23.2 Å². The molecule has 0 bridgehead atoms. The molecule has 2 amide bonds. The molecule has 3 N–H and O–H groups in total. The molecule has 11 nitrogen and oxygen atoms in total. The maximum absolute atomic E-state index is 13.7. The molecule has 2 aromatic heterocycles. The Kier molecular flexibility index (Phi) is 9.00. The molecule has 0 unspecified atom stereocenters. The van der Waals surface area contributed by atoms with Gasteiger partial charge in [-0.05, 0) is 57.3 Å². The maximum Gasteiger partial charge on any atom is 0.248 e. The van der Waals surface area contributed by atoms with Crippen molar-refractivity contribution in [3.8, 4) is 16.2 Å². The minimum atomic E-state index is -0.781. The number of hydrogen-bond donors (Lipinski definition) is 3. The fraction of sp³-hybridized carbons (Fsp3) is 0.552. The van der Waals surface area contributed by atoms with E-state index >= 15 is 0 Å². The number of carbonyl (C=O) groups excluding carboxylic acids is 2. The van der Waals surface area contributed by atoms with Gasteiger partial charge in [-0.2, -0.15) is 0 Å². The first kappa shape index (κ1) is 29.2. The van der Waals surface area contributed by atoms with Gasteiger partial charge < -0.3 is 25.4 Å². The lowest BCUT2D eigenvalue weighted by molar-refractivity contribution is -0.142. The summed E-state index contributed by atoms with van der Waals surface area (Å²) in [5.74, 6) is 0.104. The average Bonchev–Trinajstić information content (AvgIpc) is 3.68. The second-order valence-electron chi connectivity index (χ2n) is 11.3. The predicted molar refractivity (Wildman–Crippen MR) is 155 cm³/mol. The number of piperidine rings is 1. The number of β-amino-alcohol motifs (C(OH)–C–C–N with tert-alkyl or cyclic N) is 1. The highest BCUT2D eigenvalue weighted by Gasteiger charge is 2.42. The molecule has 12 heteroatoms. The highest BCUT2D eigenvalue weighted by Crippen LogP contribution is 2.33. The summed E-state index contributed by atoms with van der Waals surface area (Å²) in [4.78, 5) is 34.2. The molecule has 2 fully saturated rings. The van der Waals surface area contributed by atoms with Gasteiger partial charge in [0.2, 0.25) is 11.8 Å². The van der Waals surface area contributed by atoms with Crippen molar-refractivity contribution in [2.75, 3.05) is 19.6 Å². The van der Waals surface area contributed by atoms with Crippen LogP contribution in [0.25, 0.3) is 10.4 Å². The number of carbonyl (C=O) groups is 2.